The van der Waals surface area contributed by atoms with Crippen molar-refractivity contribution in [2.45, 2.75) is 19.5 Å². The molecule has 3 aromatic carbocycles. The number of methoxy groups -OCH3 is 1. The lowest BCUT2D eigenvalue weighted by Crippen LogP contribution is -2.43. The molecule has 39 heavy (non-hydrogen) atoms. The van der Waals surface area contributed by atoms with E-state index in [4.69, 9.17) is 32.9 Å². The van der Waals surface area contributed by atoms with Gasteiger partial charge in [-0.15, -0.1) is 0 Å². The number of benzene rings is 3. The summed E-state index contributed by atoms with van der Waals surface area (Å²) in [7, 11) is 1.60. The van der Waals surface area contributed by atoms with Crippen LogP contribution in [0.3, 0.4) is 0 Å². The third-order valence-corrected chi connectivity index (χ3v) is 6.93. The number of amides is 2. The number of carbonyl (C=O) groups excluding carboxylic acids is 1. The zero-order valence-corrected chi connectivity index (χ0v) is 22.4. The van der Waals surface area contributed by atoms with E-state index < -0.39 is 11.8 Å². The molecule has 1 aliphatic heterocycles. The van der Waals surface area contributed by atoms with Crippen LogP contribution in [0.2, 0.25) is 10.0 Å². The lowest BCUT2D eigenvalue weighted by molar-refractivity contribution is 0.205. The Hall–Kier alpha value is -4.08. The first kappa shape index (κ1) is 26.5. The quantitative estimate of drug-likeness (QED) is 0.303. The van der Waals surface area contributed by atoms with Gasteiger partial charge in [-0.05, 0) is 60.2 Å². The smallest absolute Gasteiger partial charge is 0.322 e. The molecule has 0 saturated carbocycles. The molecular formula is C28H24Cl2FN5O3. The number of rotatable bonds is 6. The number of fused-ring (bicyclic) bond motifs is 1. The maximum Gasteiger partial charge on any atom is 0.322 e. The number of halogens is 3. The average molecular weight is 568 g/mol. The highest BCUT2D eigenvalue weighted by Gasteiger charge is 2.27. The fraction of sp³-hybridized carbons (Fsp3) is 0.179. The molecule has 1 aromatic heterocycles. The Morgan fingerprint density at radius 2 is 1.82 bits per heavy atom. The molecule has 1 aliphatic rings. The minimum Gasteiger partial charge on any atom is -0.497 e. The van der Waals surface area contributed by atoms with Gasteiger partial charge in [0.1, 0.15) is 11.6 Å². The van der Waals surface area contributed by atoms with Gasteiger partial charge >= 0.3 is 6.03 Å². The van der Waals surface area contributed by atoms with Crippen LogP contribution in [0.1, 0.15) is 16.8 Å². The average Bonchev–Trinajstić information content (AvgIpc) is 2.94. The third-order valence-electron chi connectivity index (χ3n) is 6.38. The Morgan fingerprint density at radius 3 is 2.51 bits per heavy atom. The molecule has 0 atom stereocenters. The zero-order valence-electron chi connectivity index (χ0n) is 20.9. The largest absolute Gasteiger partial charge is 0.497 e. The van der Waals surface area contributed by atoms with E-state index in [0.717, 1.165) is 11.3 Å². The van der Waals surface area contributed by atoms with Crippen molar-refractivity contribution < 1.29 is 13.9 Å². The summed E-state index contributed by atoms with van der Waals surface area (Å²) in [6, 6.07) is 17.5. The normalized spacial score (nSPS) is 12.6. The van der Waals surface area contributed by atoms with Crippen molar-refractivity contribution in [2.75, 3.05) is 24.3 Å². The lowest BCUT2D eigenvalue weighted by Gasteiger charge is -2.29. The van der Waals surface area contributed by atoms with Crippen molar-refractivity contribution in [3.63, 3.8) is 0 Å². The standard InChI is InChI=1S/C28H24Cl2FN5O3/c1-39-21-9-2-17(3-10-21)15-32-27-33-24-12-13-35(28(38)34-25-11-4-18(29)14-23(25)30)16-22(24)26(37)36(27)20-7-5-19(31)6-8-20/h2-11,14H,12-13,15-16H2,1H3,(H,32,33)(H,34,38). The number of carbonyl (C=O) groups is 1. The van der Waals surface area contributed by atoms with Crippen molar-refractivity contribution in [1.29, 1.82) is 0 Å². The Kier molecular flexibility index (Phi) is 7.72. The number of ether oxygens (including phenoxy) is 1. The Bertz CT molecular complexity index is 1580. The van der Waals surface area contributed by atoms with Gasteiger partial charge in [-0.25, -0.2) is 18.7 Å². The molecular weight excluding hydrogens is 544 g/mol. The molecule has 2 amide bonds. The van der Waals surface area contributed by atoms with E-state index in [1.165, 1.54) is 39.8 Å². The molecule has 0 fully saturated rings. The number of anilines is 2. The molecule has 0 aliphatic carbocycles. The third kappa shape index (κ3) is 5.84. The molecule has 0 bridgehead atoms. The highest BCUT2D eigenvalue weighted by molar-refractivity contribution is 6.36. The van der Waals surface area contributed by atoms with Crippen molar-refractivity contribution in [3.05, 3.63) is 110 Å². The van der Waals surface area contributed by atoms with Gasteiger partial charge < -0.3 is 20.3 Å². The summed E-state index contributed by atoms with van der Waals surface area (Å²) in [5, 5.41) is 6.78. The highest BCUT2D eigenvalue weighted by Crippen LogP contribution is 2.27. The van der Waals surface area contributed by atoms with E-state index in [0.29, 0.717) is 58.1 Å². The van der Waals surface area contributed by atoms with E-state index in [-0.39, 0.29) is 12.1 Å². The van der Waals surface area contributed by atoms with Crippen LogP contribution >= 0.6 is 23.2 Å². The van der Waals surface area contributed by atoms with Gasteiger partial charge in [0.15, 0.2) is 0 Å². The van der Waals surface area contributed by atoms with Gasteiger partial charge in [0, 0.05) is 24.5 Å². The van der Waals surface area contributed by atoms with E-state index in [1.54, 1.807) is 19.2 Å². The summed E-state index contributed by atoms with van der Waals surface area (Å²) in [5.74, 6) is 0.641. The number of hydrogen-bond acceptors (Lipinski definition) is 5. The predicted molar refractivity (Wildman–Crippen MR) is 150 cm³/mol. The van der Waals surface area contributed by atoms with Crippen molar-refractivity contribution in [1.82, 2.24) is 14.5 Å². The summed E-state index contributed by atoms with van der Waals surface area (Å²) < 4.78 is 20.3. The number of hydrogen-bond donors (Lipinski definition) is 2. The van der Waals surface area contributed by atoms with Gasteiger partial charge in [0.2, 0.25) is 5.95 Å². The molecule has 0 radical (unpaired) electrons. The second-order valence-corrected chi connectivity index (χ2v) is 9.75. The van der Waals surface area contributed by atoms with Crippen LogP contribution in [0, 0.1) is 5.82 Å². The number of nitrogens with zero attached hydrogens (tertiary/aromatic N) is 3. The Labute approximate surface area is 234 Å². The highest BCUT2D eigenvalue weighted by atomic mass is 35.5. The number of nitrogens with one attached hydrogen (secondary N) is 2. The Morgan fingerprint density at radius 1 is 1.08 bits per heavy atom. The molecule has 0 spiro atoms. The lowest BCUT2D eigenvalue weighted by atomic mass is 10.1. The molecule has 200 valence electrons. The summed E-state index contributed by atoms with van der Waals surface area (Å²) in [6.45, 7) is 0.805. The Balaban J connectivity index is 1.45. The predicted octanol–water partition coefficient (Wildman–Crippen LogP) is 5.89. The molecule has 11 heteroatoms. The first-order valence-electron chi connectivity index (χ1n) is 12.1. The minimum absolute atomic E-state index is 0.0537. The second kappa shape index (κ2) is 11.3. The minimum atomic E-state index is -0.422. The van der Waals surface area contributed by atoms with Gasteiger partial charge in [-0.2, -0.15) is 0 Å². The SMILES string of the molecule is COc1ccc(CNc2nc3c(c(=O)n2-c2ccc(F)cc2)CN(C(=O)Nc2ccc(Cl)cc2Cl)CC3)cc1. The fourth-order valence-corrected chi connectivity index (χ4v) is 4.76. The zero-order chi connectivity index (χ0) is 27.5. The summed E-state index contributed by atoms with van der Waals surface area (Å²) in [4.78, 5) is 33.1. The van der Waals surface area contributed by atoms with Crippen molar-refractivity contribution in [3.8, 4) is 11.4 Å². The summed E-state index contributed by atoms with van der Waals surface area (Å²) in [6.07, 6.45) is 0.383. The fourth-order valence-electron chi connectivity index (χ4n) is 4.31. The molecule has 4 aromatic rings. The molecule has 0 saturated heterocycles. The van der Waals surface area contributed by atoms with Gasteiger partial charge in [-0.3, -0.25) is 4.79 Å². The van der Waals surface area contributed by atoms with E-state index in [9.17, 15) is 14.0 Å². The summed E-state index contributed by atoms with van der Waals surface area (Å²) >= 11 is 12.2. The van der Waals surface area contributed by atoms with E-state index in [2.05, 4.69) is 10.6 Å². The molecule has 8 nitrogen and oxygen atoms in total. The van der Waals surface area contributed by atoms with Crippen LogP contribution in [0.5, 0.6) is 5.75 Å². The first-order valence-corrected chi connectivity index (χ1v) is 12.9. The molecule has 5 rings (SSSR count). The second-order valence-electron chi connectivity index (χ2n) is 8.91. The van der Waals surface area contributed by atoms with E-state index in [1.807, 2.05) is 24.3 Å². The van der Waals surface area contributed by atoms with Crippen LogP contribution in [0.15, 0.2) is 71.5 Å². The summed E-state index contributed by atoms with van der Waals surface area (Å²) in [5.41, 5.74) is 2.46. The van der Waals surface area contributed by atoms with Crippen molar-refractivity contribution >= 4 is 40.9 Å². The van der Waals surface area contributed by atoms with Gasteiger partial charge in [0.05, 0.1) is 41.3 Å². The maximum atomic E-state index is 13.8. The first-order chi connectivity index (χ1) is 18.8. The van der Waals surface area contributed by atoms with Crippen molar-refractivity contribution in [2.24, 2.45) is 0 Å². The van der Waals surface area contributed by atoms with Crippen LogP contribution < -0.4 is 20.9 Å². The van der Waals surface area contributed by atoms with Gasteiger partial charge in [-0.1, -0.05) is 35.3 Å². The molecule has 2 heterocycles. The van der Waals surface area contributed by atoms with Crippen LogP contribution in [-0.4, -0.2) is 34.1 Å². The van der Waals surface area contributed by atoms with Crippen LogP contribution in [-0.2, 0) is 19.5 Å². The van der Waals surface area contributed by atoms with E-state index >= 15 is 0 Å². The monoisotopic (exact) mass is 567 g/mol. The molecule has 2 N–H and O–H groups in total. The van der Waals surface area contributed by atoms with Gasteiger partial charge in [0.25, 0.3) is 5.56 Å². The maximum absolute atomic E-state index is 13.8. The van der Waals surface area contributed by atoms with Crippen LogP contribution in [0.25, 0.3) is 5.69 Å². The topological polar surface area (TPSA) is 88.5 Å². The number of aromatic nitrogens is 2. The molecule has 0 unspecified atom stereocenters. The van der Waals surface area contributed by atoms with Crippen LogP contribution in [0.4, 0.5) is 20.8 Å². The number of urea groups is 1.